The molecule has 0 spiro atoms. The Morgan fingerprint density at radius 1 is 1.27 bits per heavy atom. The number of nitro groups is 1. The maximum absolute atomic E-state index is 12.1. The summed E-state index contributed by atoms with van der Waals surface area (Å²) in [6.45, 7) is 0. The van der Waals surface area contributed by atoms with Gasteiger partial charge in [0, 0.05) is 11.1 Å². The van der Waals surface area contributed by atoms with E-state index in [1.165, 1.54) is 24.3 Å². The maximum Gasteiger partial charge on any atom is 0.302 e. The van der Waals surface area contributed by atoms with Gasteiger partial charge in [0.2, 0.25) is 0 Å². The number of carbonyl (C=O) groups is 1. The summed E-state index contributed by atoms with van der Waals surface area (Å²) < 4.78 is 5.34. The molecule has 0 aliphatic carbocycles. The molecule has 7 nitrogen and oxygen atoms in total. The van der Waals surface area contributed by atoms with E-state index in [4.69, 9.17) is 16.0 Å². The van der Waals surface area contributed by atoms with Crippen molar-refractivity contribution in [2.24, 2.45) is 0 Å². The second-order valence-electron chi connectivity index (χ2n) is 4.36. The number of aromatic nitrogens is 1. The second kappa shape index (κ2) is 5.45. The fraction of sp³-hybridized carbons (Fsp3) is 0. The van der Waals surface area contributed by atoms with Crippen LogP contribution in [0.4, 0.5) is 11.7 Å². The quantitative estimate of drug-likeness (QED) is 0.587. The van der Waals surface area contributed by atoms with Gasteiger partial charge in [0.1, 0.15) is 11.1 Å². The van der Waals surface area contributed by atoms with Crippen molar-refractivity contribution >= 4 is 40.3 Å². The molecule has 1 heterocycles. The molecule has 22 heavy (non-hydrogen) atoms. The van der Waals surface area contributed by atoms with E-state index in [-0.39, 0.29) is 17.3 Å². The van der Waals surface area contributed by atoms with Gasteiger partial charge in [0.15, 0.2) is 5.58 Å². The number of carbonyl (C=O) groups excluding carboxylic acids is 1. The SMILES string of the molecule is O=C(Nc1nc2cc(Cl)ccc2o1)c1ccccc1[N+](=O)[O-]. The van der Waals surface area contributed by atoms with E-state index < -0.39 is 10.8 Å². The van der Waals surface area contributed by atoms with Gasteiger partial charge in [-0.25, -0.2) is 0 Å². The third kappa shape index (κ3) is 2.61. The number of benzene rings is 2. The number of hydrogen-bond donors (Lipinski definition) is 1. The van der Waals surface area contributed by atoms with E-state index in [0.717, 1.165) is 0 Å². The monoisotopic (exact) mass is 317 g/mol. The molecule has 0 saturated heterocycles. The minimum absolute atomic E-state index is 0.0552. The number of nitrogens with one attached hydrogen (secondary N) is 1. The number of rotatable bonds is 3. The van der Waals surface area contributed by atoms with Crippen LogP contribution >= 0.6 is 11.6 Å². The summed E-state index contributed by atoms with van der Waals surface area (Å²) in [5.74, 6) is -0.676. The molecule has 0 aliphatic rings. The number of halogens is 1. The molecule has 3 rings (SSSR count). The first-order valence-corrected chi connectivity index (χ1v) is 6.53. The summed E-state index contributed by atoms with van der Waals surface area (Å²) in [5, 5.41) is 13.8. The number of hydrogen-bond acceptors (Lipinski definition) is 5. The van der Waals surface area contributed by atoms with Crippen molar-refractivity contribution in [2.45, 2.75) is 0 Å². The Balaban J connectivity index is 1.91. The number of para-hydroxylation sites is 1. The molecular formula is C14H8ClN3O4. The van der Waals surface area contributed by atoms with Crippen LogP contribution < -0.4 is 5.32 Å². The maximum atomic E-state index is 12.1. The number of fused-ring (bicyclic) bond motifs is 1. The Morgan fingerprint density at radius 3 is 2.82 bits per heavy atom. The summed E-state index contributed by atoms with van der Waals surface area (Å²) in [5.41, 5.74) is 0.555. The fourth-order valence-electron chi connectivity index (χ4n) is 1.94. The Kier molecular flexibility index (Phi) is 3.48. The van der Waals surface area contributed by atoms with Gasteiger partial charge in [-0.05, 0) is 24.3 Å². The Hall–Kier alpha value is -2.93. The zero-order chi connectivity index (χ0) is 15.7. The summed E-state index contributed by atoms with van der Waals surface area (Å²) in [7, 11) is 0. The predicted octanol–water partition coefficient (Wildman–Crippen LogP) is 3.64. The van der Waals surface area contributed by atoms with Crippen molar-refractivity contribution in [1.29, 1.82) is 0 Å². The first-order valence-electron chi connectivity index (χ1n) is 6.15. The van der Waals surface area contributed by atoms with E-state index in [0.29, 0.717) is 16.1 Å². The molecule has 2 aromatic carbocycles. The number of oxazole rings is 1. The number of amides is 1. The lowest BCUT2D eigenvalue weighted by atomic mass is 10.1. The first kappa shape index (κ1) is 14.0. The van der Waals surface area contributed by atoms with Crippen molar-refractivity contribution in [1.82, 2.24) is 4.98 Å². The summed E-state index contributed by atoms with van der Waals surface area (Å²) in [6, 6.07) is 10.4. The van der Waals surface area contributed by atoms with Crippen molar-refractivity contribution in [2.75, 3.05) is 5.32 Å². The van der Waals surface area contributed by atoms with Crippen LogP contribution in [0.3, 0.4) is 0 Å². The first-order chi connectivity index (χ1) is 10.5. The van der Waals surface area contributed by atoms with Gasteiger partial charge in [-0.15, -0.1) is 0 Å². The lowest BCUT2D eigenvalue weighted by Crippen LogP contribution is -2.14. The smallest absolute Gasteiger partial charge is 0.302 e. The number of anilines is 1. The molecule has 0 unspecified atom stereocenters. The van der Waals surface area contributed by atoms with Crippen LogP contribution in [0.5, 0.6) is 0 Å². The van der Waals surface area contributed by atoms with Crippen LogP contribution in [0.15, 0.2) is 46.9 Å². The van der Waals surface area contributed by atoms with Crippen LogP contribution in [-0.2, 0) is 0 Å². The molecule has 1 aromatic heterocycles. The zero-order valence-corrected chi connectivity index (χ0v) is 11.7. The van der Waals surface area contributed by atoms with Gasteiger partial charge >= 0.3 is 6.01 Å². The lowest BCUT2D eigenvalue weighted by molar-refractivity contribution is -0.385. The molecule has 3 aromatic rings. The van der Waals surface area contributed by atoms with E-state index in [9.17, 15) is 14.9 Å². The molecule has 110 valence electrons. The highest BCUT2D eigenvalue weighted by Gasteiger charge is 2.20. The molecule has 0 aliphatic heterocycles. The summed E-state index contributed by atoms with van der Waals surface area (Å²) >= 11 is 5.84. The predicted molar refractivity (Wildman–Crippen MR) is 80.1 cm³/mol. The van der Waals surface area contributed by atoms with Crippen LogP contribution in [0.25, 0.3) is 11.1 Å². The molecule has 0 fully saturated rings. The van der Waals surface area contributed by atoms with Crippen LogP contribution in [0.1, 0.15) is 10.4 Å². The lowest BCUT2D eigenvalue weighted by Gasteiger charge is -2.01. The molecule has 0 radical (unpaired) electrons. The van der Waals surface area contributed by atoms with Gasteiger partial charge in [-0.3, -0.25) is 20.2 Å². The summed E-state index contributed by atoms with van der Waals surface area (Å²) in [4.78, 5) is 26.5. The minimum Gasteiger partial charge on any atom is -0.423 e. The number of nitrogens with zero attached hydrogens (tertiary/aromatic N) is 2. The van der Waals surface area contributed by atoms with Gasteiger partial charge in [-0.1, -0.05) is 23.7 Å². The largest absolute Gasteiger partial charge is 0.423 e. The second-order valence-corrected chi connectivity index (χ2v) is 4.80. The fourth-order valence-corrected chi connectivity index (χ4v) is 2.11. The summed E-state index contributed by atoms with van der Waals surface area (Å²) in [6.07, 6.45) is 0. The molecule has 0 saturated carbocycles. The van der Waals surface area contributed by atoms with Gasteiger partial charge in [-0.2, -0.15) is 4.98 Å². The van der Waals surface area contributed by atoms with Crippen molar-refractivity contribution < 1.29 is 14.1 Å². The standard InChI is InChI=1S/C14H8ClN3O4/c15-8-5-6-12-10(7-8)16-14(22-12)17-13(19)9-3-1-2-4-11(9)18(20)21/h1-7H,(H,16,17,19). The Bertz CT molecular complexity index is 891. The van der Waals surface area contributed by atoms with E-state index in [1.54, 1.807) is 18.2 Å². The van der Waals surface area contributed by atoms with Crippen LogP contribution in [0.2, 0.25) is 5.02 Å². The van der Waals surface area contributed by atoms with Crippen LogP contribution in [-0.4, -0.2) is 15.8 Å². The Labute approximate surface area is 128 Å². The number of nitro benzene ring substituents is 1. The van der Waals surface area contributed by atoms with Crippen molar-refractivity contribution in [3.8, 4) is 0 Å². The minimum atomic E-state index is -0.676. The highest BCUT2D eigenvalue weighted by molar-refractivity contribution is 6.31. The molecule has 1 N–H and O–H groups in total. The average Bonchev–Trinajstić information content (AvgIpc) is 2.88. The van der Waals surface area contributed by atoms with Crippen molar-refractivity contribution in [3.05, 3.63) is 63.2 Å². The molecule has 0 bridgehead atoms. The average molecular weight is 318 g/mol. The normalized spacial score (nSPS) is 10.6. The molecule has 1 amide bonds. The van der Waals surface area contributed by atoms with Gasteiger partial charge < -0.3 is 4.42 Å². The van der Waals surface area contributed by atoms with Crippen LogP contribution in [0, 0.1) is 10.1 Å². The molecule has 0 atom stereocenters. The van der Waals surface area contributed by atoms with E-state index >= 15 is 0 Å². The van der Waals surface area contributed by atoms with E-state index in [2.05, 4.69) is 10.3 Å². The molecular weight excluding hydrogens is 310 g/mol. The topological polar surface area (TPSA) is 98.3 Å². The van der Waals surface area contributed by atoms with Gasteiger partial charge in [0.05, 0.1) is 4.92 Å². The zero-order valence-electron chi connectivity index (χ0n) is 10.9. The van der Waals surface area contributed by atoms with E-state index in [1.807, 2.05) is 0 Å². The highest BCUT2D eigenvalue weighted by atomic mass is 35.5. The van der Waals surface area contributed by atoms with Crippen molar-refractivity contribution in [3.63, 3.8) is 0 Å². The third-order valence-electron chi connectivity index (χ3n) is 2.92. The third-order valence-corrected chi connectivity index (χ3v) is 3.15. The van der Waals surface area contributed by atoms with Gasteiger partial charge in [0.25, 0.3) is 11.6 Å². The highest BCUT2D eigenvalue weighted by Crippen LogP contribution is 2.24. The Morgan fingerprint density at radius 2 is 2.05 bits per heavy atom. The molecule has 8 heteroatoms.